The first-order chi connectivity index (χ1) is 17.3. The van der Waals surface area contributed by atoms with Gasteiger partial charge in [0.2, 0.25) is 0 Å². The Bertz CT molecular complexity index is 1360. The monoisotopic (exact) mass is 515 g/mol. The maximum absolute atomic E-state index is 13.9. The molecule has 1 atom stereocenters. The summed E-state index contributed by atoms with van der Waals surface area (Å²) in [4.78, 5) is 6.87. The van der Waals surface area contributed by atoms with Gasteiger partial charge in [0.05, 0.1) is 36.6 Å². The van der Waals surface area contributed by atoms with E-state index in [1.165, 1.54) is 12.1 Å². The number of alkyl halides is 3. The normalized spacial score (nSPS) is 16.4. The lowest BCUT2D eigenvalue weighted by atomic mass is 9.99. The summed E-state index contributed by atoms with van der Waals surface area (Å²) in [7, 11) is 1.60. The molecule has 36 heavy (non-hydrogen) atoms. The first kappa shape index (κ1) is 24.3. The van der Waals surface area contributed by atoms with Gasteiger partial charge < -0.3 is 19.1 Å². The highest BCUT2D eigenvalue weighted by Crippen LogP contribution is 2.43. The molecular formula is C26H24F3N3O3S. The van der Waals surface area contributed by atoms with Crippen LogP contribution in [0.3, 0.4) is 0 Å². The van der Waals surface area contributed by atoms with Gasteiger partial charge in [-0.15, -0.1) is 0 Å². The van der Waals surface area contributed by atoms with Crippen LogP contribution < -0.4 is 14.4 Å². The second-order valence-electron chi connectivity index (χ2n) is 8.49. The summed E-state index contributed by atoms with van der Waals surface area (Å²) in [5, 5.41) is 0. The third-order valence-electron chi connectivity index (χ3n) is 6.10. The third kappa shape index (κ3) is 4.83. The summed E-state index contributed by atoms with van der Waals surface area (Å²) in [6.07, 6.45) is -4.50. The van der Waals surface area contributed by atoms with Crippen molar-refractivity contribution in [2.75, 3.05) is 31.8 Å². The number of morpholine rings is 1. The topological polar surface area (TPSA) is 56.7 Å². The third-order valence-corrected chi connectivity index (χ3v) is 6.95. The Kier molecular flexibility index (Phi) is 6.72. The Hall–Kier alpha value is -3.37. The van der Waals surface area contributed by atoms with Gasteiger partial charge in [-0.3, -0.25) is 0 Å². The second kappa shape index (κ2) is 9.94. The van der Waals surface area contributed by atoms with Gasteiger partial charge >= 0.3 is 6.18 Å². The molecule has 188 valence electrons. The Labute approximate surface area is 210 Å². The highest BCUT2D eigenvalue weighted by Gasteiger charge is 2.34. The highest BCUT2D eigenvalue weighted by atomic mass is 32.1. The number of aromatic nitrogens is 2. The van der Waals surface area contributed by atoms with E-state index in [4.69, 9.17) is 19.2 Å². The van der Waals surface area contributed by atoms with Gasteiger partial charge in [-0.25, -0.2) is 4.98 Å². The van der Waals surface area contributed by atoms with E-state index in [2.05, 4.69) is 4.37 Å². The van der Waals surface area contributed by atoms with Gasteiger partial charge in [-0.1, -0.05) is 30.3 Å². The SMILES string of the molecule is COc1ccc(COc2nsc3c(-c4ccccc4C(F)(F)F)cc(N4CCOCC4C)nc23)cc1. The molecule has 0 spiro atoms. The number of nitrogens with zero attached hydrogens (tertiary/aromatic N) is 3. The minimum absolute atomic E-state index is 0.0182. The molecule has 0 N–H and O–H groups in total. The van der Waals surface area contributed by atoms with Crippen LogP contribution in [-0.2, 0) is 17.5 Å². The standard InChI is InChI=1S/C26H24F3N3O3S/c1-16-14-34-12-11-32(16)22-13-20(19-5-3-4-6-21(19)26(27,28)29)24-23(30-22)25(31-36-24)35-15-17-7-9-18(33-2)10-8-17/h3-10,13,16H,11-12,14-15H2,1-2H3. The maximum Gasteiger partial charge on any atom is 0.417 e. The number of ether oxygens (including phenoxy) is 3. The van der Waals surface area contributed by atoms with Crippen molar-refractivity contribution in [3.8, 4) is 22.8 Å². The Morgan fingerprint density at radius 3 is 2.61 bits per heavy atom. The van der Waals surface area contributed by atoms with Crippen LogP contribution in [0.4, 0.5) is 19.0 Å². The zero-order chi connectivity index (χ0) is 25.3. The zero-order valence-electron chi connectivity index (χ0n) is 19.7. The summed E-state index contributed by atoms with van der Waals surface area (Å²) in [5.74, 6) is 1.59. The second-order valence-corrected chi connectivity index (χ2v) is 9.26. The van der Waals surface area contributed by atoms with Gasteiger partial charge in [0, 0.05) is 12.1 Å². The molecule has 2 aromatic heterocycles. The molecule has 0 amide bonds. The summed E-state index contributed by atoms with van der Waals surface area (Å²) in [6, 6.07) is 14.8. The number of rotatable bonds is 6. The highest BCUT2D eigenvalue weighted by molar-refractivity contribution is 7.14. The Morgan fingerprint density at radius 2 is 1.89 bits per heavy atom. The number of hydrogen-bond donors (Lipinski definition) is 0. The molecule has 1 aliphatic rings. The van der Waals surface area contributed by atoms with E-state index in [0.29, 0.717) is 47.2 Å². The van der Waals surface area contributed by atoms with Crippen LogP contribution in [0.2, 0.25) is 0 Å². The van der Waals surface area contributed by atoms with Crippen molar-refractivity contribution in [3.05, 3.63) is 65.7 Å². The number of halogens is 3. The van der Waals surface area contributed by atoms with Gasteiger partial charge in [0.25, 0.3) is 5.88 Å². The molecule has 5 rings (SSSR count). The molecule has 2 aromatic carbocycles. The average Bonchev–Trinajstić information content (AvgIpc) is 3.30. The molecule has 3 heterocycles. The first-order valence-corrected chi connectivity index (χ1v) is 12.2. The van der Waals surface area contributed by atoms with E-state index in [1.807, 2.05) is 36.1 Å². The molecule has 0 aliphatic carbocycles. The number of benzene rings is 2. The number of anilines is 1. The van der Waals surface area contributed by atoms with Crippen molar-refractivity contribution in [1.82, 2.24) is 9.36 Å². The lowest BCUT2D eigenvalue weighted by Crippen LogP contribution is -2.44. The van der Waals surface area contributed by atoms with Gasteiger partial charge in [0.1, 0.15) is 23.7 Å². The van der Waals surface area contributed by atoms with Crippen LogP contribution in [-0.4, -0.2) is 42.3 Å². The van der Waals surface area contributed by atoms with Crippen molar-refractivity contribution in [2.24, 2.45) is 0 Å². The van der Waals surface area contributed by atoms with Crippen molar-refractivity contribution < 1.29 is 27.4 Å². The van der Waals surface area contributed by atoms with E-state index in [-0.39, 0.29) is 18.2 Å². The Balaban J connectivity index is 1.60. The van der Waals surface area contributed by atoms with E-state index in [0.717, 1.165) is 28.9 Å². The summed E-state index contributed by atoms with van der Waals surface area (Å²) in [6.45, 7) is 3.84. The molecule has 1 saturated heterocycles. The van der Waals surface area contributed by atoms with Crippen LogP contribution in [0.15, 0.2) is 54.6 Å². The predicted molar refractivity (Wildman–Crippen MR) is 133 cm³/mol. The molecule has 10 heteroatoms. The van der Waals surface area contributed by atoms with Crippen molar-refractivity contribution in [1.29, 1.82) is 0 Å². The maximum atomic E-state index is 13.9. The first-order valence-electron chi connectivity index (χ1n) is 11.4. The number of hydrogen-bond acceptors (Lipinski definition) is 7. The van der Waals surface area contributed by atoms with E-state index >= 15 is 0 Å². The lowest BCUT2D eigenvalue weighted by Gasteiger charge is -2.34. The number of methoxy groups -OCH3 is 1. The molecular weight excluding hydrogens is 491 g/mol. The Morgan fingerprint density at radius 1 is 1.11 bits per heavy atom. The van der Waals surface area contributed by atoms with E-state index in [9.17, 15) is 13.2 Å². The van der Waals surface area contributed by atoms with Crippen molar-refractivity contribution in [2.45, 2.75) is 25.7 Å². The molecule has 0 bridgehead atoms. The average molecular weight is 516 g/mol. The van der Waals surface area contributed by atoms with Crippen LogP contribution in [0, 0.1) is 0 Å². The molecule has 6 nitrogen and oxygen atoms in total. The molecule has 0 saturated carbocycles. The fourth-order valence-electron chi connectivity index (χ4n) is 4.24. The number of pyridine rings is 1. The van der Waals surface area contributed by atoms with Crippen LogP contribution in [0.1, 0.15) is 18.1 Å². The zero-order valence-corrected chi connectivity index (χ0v) is 20.5. The van der Waals surface area contributed by atoms with E-state index < -0.39 is 11.7 Å². The van der Waals surface area contributed by atoms with Crippen LogP contribution >= 0.6 is 11.5 Å². The van der Waals surface area contributed by atoms with E-state index in [1.54, 1.807) is 19.2 Å². The molecule has 1 fully saturated rings. The lowest BCUT2D eigenvalue weighted by molar-refractivity contribution is -0.137. The quantitative estimate of drug-likeness (QED) is 0.305. The number of fused-ring (bicyclic) bond motifs is 1. The van der Waals surface area contributed by atoms with Gasteiger partial charge in [-0.2, -0.15) is 17.5 Å². The van der Waals surface area contributed by atoms with Crippen LogP contribution in [0.25, 0.3) is 21.3 Å². The summed E-state index contributed by atoms with van der Waals surface area (Å²) < 4.78 is 63.5. The fourth-order valence-corrected chi connectivity index (χ4v) is 5.04. The van der Waals surface area contributed by atoms with Crippen molar-refractivity contribution >= 4 is 27.6 Å². The fraction of sp³-hybridized carbons (Fsp3) is 0.308. The largest absolute Gasteiger partial charge is 0.497 e. The molecule has 1 unspecified atom stereocenters. The summed E-state index contributed by atoms with van der Waals surface area (Å²) in [5.41, 5.74) is 1.16. The van der Waals surface area contributed by atoms with Crippen molar-refractivity contribution in [3.63, 3.8) is 0 Å². The van der Waals surface area contributed by atoms with Gasteiger partial charge in [0.15, 0.2) is 0 Å². The van der Waals surface area contributed by atoms with Gasteiger partial charge in [-0.05, 0) is 53.8 Å². The minimum Gasteiger partial charge on any atom is -0.497 e. The minimum atomic E-state index is -4.50. The molecule has 0 radical (unpaired) electrons. The smallest absolute Gasteiger partial charge is 0.417 e. The molecule has 4 aromatic rings. The molecule has 1 aliphatic heterocycles. The predicted octanol–water partition coefficient (Wildman–Crippen LogP) is 6.19. The van der Waals surface area contributed by atoms with Crippen LogP contribution in [0.5, 0.6) is 11.6 Å². The summed E-state index contributed by atoms with van der Waals surface area (Å²) >= 11 is 1.08.